The first-order chi connectivity index (χ1) is 13.0. The molecule has 0 spiro atoms. The van der Waals surface area contributed by atoms with E-state index in [2.05, 4.69) is 5.32 Å². The molecule has 2 amide bonds. The van der Waals surface area contributed by atoms with Crippen molar-refractivity contribution in [2.75, 3.05) is 18.1 Å². The minimum Gasteiger partial charge on any atom is -0.477 e. The van der Waals surface area contributed by atoms with Crippen molar-refractivity contribution >= 4 is 23.2 Å². The summed E-state index contributed by atoms with van der Waals surface area (Å²) >= 11 is 0. The predicted octanol–water partition coefficient (Wildman–Crippen LogP) is 2.42. The number of carbonyl (C=O) groups excluding carboxylic acids is 2. The van der Waals surface area contributed by atoms with E-state index >= 15 is 0 Å². The van der Waals surface area contributed by atoms with Gasteiger partial charge in [-0.1, -0.05) is 24.3 Å². The second-order valence-corrected chi connectivity index (χ2v) is 6.11. The van der Waals surface area contributed by atoms with Gasteiger partial charge in [0.2, 0.25) is 5.91 Å². The van der Waals surface area contributed by atoms with Crippen LogP contribution in [0.25, 0.3) is 0 Å². The molecule has 1 fully saturated rings. The van der Waals surface area contributed by atoms with Crippen molar-refractivity contribution in [2.45, 2.75) is 19.4 Å². The fourth-order valence-corrected chi connectivity index (χ4v) is 2.84. The molecule has 3 rings (SSSR count). The molecule has 27 heavy (non-hydrogen) atoms. The van der Waals surface area contributed by atoms with Crippen LogP contribution < -0.4 is 15.0 Å². The highest BCUT2D eigenvalue weighted by Gasteiger charge is 2.21. The van der Waals surface area contributed by atoms with Crippen molar-refractivity contribution in [2.24, 2.45) is 0 Å². The lowest BCUT2D eigenvalue weighted by molar-refractivity contribution is -0.385. The van der Waals surface area contributed by atoms with Crippen LogP contribution in [-0.2, 0) is 16.1 Å². The lowest BCUT2D eigenvalue weighted by Gasteiger charge is -2.16. The van der Waals surface area contributed by atoms with Crippen LogP contribution in [0.1, 0.15) is 18.4 Å². The molecule has 1 aliphatic heterocycles. The van der Waals surface area contributed by atoms with Crippen LogP contribution in [0.15, 0.2) is 48.5 Å². The van der Waals surface area contributed by atoms with Gasteiger partial charge >= 0.3 is 5.69 Å². The molecule has 0 atom stereocenters. The average Bonchev–Trinajstić information content (AvgIpc) is 3.11. The van der Waals surface area contributed by atoms with E-state index in [9.17, 15) is 19.7 Å². The Morgan fingerprint density at radius 3 is 2.59 bits per heavy atom. The maximum Gasteiger partial charge on any atom is 0.310 e. The Balaban J connectivity index is 1.49. The molecule has 0 saturated carbocycles. The molecule has 0 aliphatic carbocycles. The van der Waals surface area contributed by atoms with Gasteiger partial charge < -0.3 is 15.0 Å². The number of anilines is 1. The number of nitrogens with one attached hydrogen (secondary N) is 1. The van der Waals surface area contributed by atoms with Crippen LogP contribution in [0.4, 0.5) is 11.4 Å². The normalized spacial score (nSPS) is 13.5. The third-order valence-corrected chi connectivity index (χ3v) is 4.23. The molecular weight excluding hydrogens is 350 g/mol. The molecule has 8 nitrogen and oxygen atoms in total. The number of nitro benzene ring substituents is 1. The summed E-state index contributed by atoms with van der Waals surface area (Å²) in [6.45, 7) is 0.719. The number of hydrogen-bond acceptors (Lipinski definition) is 5. The Bertz CT molecular complexity index is 851. The summed E-state index contributed by atoms with van der Waals surface area (Å²) in [5.41, 5.74) is 1.55. The van der Waals surface area contributed by atoms with Crippen molar-refractivity contribution in [1.82, 2.24) is 5.32 Å². The number of hydrogen-bond donors (Lipinski definition) is 1. The Kier molecular flexibility index (Phi) is 5.65. The Morgan fingerprint density at radius 1 is 1.19 bits per heavy atom. The number of nitrogens with zero attached hydrogens (tertiary/aromatic N) is 2. The largest absolute Gasteiger partial charge is 0.477 e. The van der Waals surface area contributed by atoms with Crippen molar-refractivity contribution in [3.63, 3.8) is 0 Å². The maximum absolute atomic E-state index is 11.9. The summed E-state index contributed by atoms with van der Waals surface area (Å²) in [7, 11) is 0. The van der Waals surface area contributed by atoms with Gasteiger partial charge in [-0.3, -0.25) is 19.7 Å². The molecule has 140 valence electrons. The quantitative estimate of drug-likeness (QED) is 0.596. The molecule has 8 heteroatoms. The zero-order valence-electron chi connectivity index (χ0n) is 14.6. The lowest BCUT2D eigenvalue weighted by atomic mass is 10.2. The number of para-hydroxylation sites is 2. The van der Waals surface area contributed by atoms with E-state index < -0.39 is 4.92 Å². The van der Waals surface area contributed by atoms with Crippen LogP contribution in [0, 0.1) is 10.1 Å². The summed E-state index contributed by atoms with van der Waals surface area (Å²) in [4.78, 5) is 35.8. The van der Waals surface area contributed by atoms with E-state index in [1.165, 1.54) is 18.2 Å². The first-order valence-corrected chi connectivity index (χ1v) is 8.57. The third-order valence-electron chi connectivity index (χ3n) is 4.23. The van der Waals surface area contributed by atoms with Crippen LogP contribution in [-0.4, -0.2) is 29.9 Å². The fraction of sp³-hybridized carbons (Fsp3) is 0.263. The van der Waals surface area contributed by atoms with Gasteiger partial charge in [-0.05, 0) is 30.2 Å². The van der Waals surface area contributed by atoms with Gasteiger partial charge in [-0.2, -0.15) is 0 Å². The number of rotatable bonds is 7. The van der Waals surface area contributed by atoms with Crippen LogP contribution in [0.2, 0.25) is 0 Å². The Morgan fingerprint density at radius 2 is 1.93 bits per heavy atom. The van der Waals surface area contributed by atoms with E-state index in [-0.39, 0.29) is 29.9 Å². The average molecular weight is 369 g/mol. The Hall–Kier alpha value is -3.42. The first-order valence-electron chi connectivity index (χ1n) is 8.57. The number of carbonyl (C=O) groups is 2. The highest BCUT2D eigenvalue weighted by Crippen LogP contribution is 2.25. The van der Waals surface area contributed by atoms with Crippen LogP contribution >= 0.6 is 0 Å². The SMILES string of the molecule is O=C(COc1ccccc1[N+](=O)[O-])NCc1ccc(N2CCCC2=O)cc1. The topological polar surface area (TPSA) is 102 Å². The van der Waals surface area contributed by atoms with E-state index in [0.717, 1.165) is 24.2 Å². The lowest BCUT2D eigenvalue weighted by Crippen LogP contribution is -2.28. The van der Waals surface area contributed by atoms with E-state index in [0.29, 0.717) is 13.0 Å². The van der Waals surface area contributed by atoms with Gasteiger partial charge in [0.25, 0.3) is 5.91 Å². The standard InChI is InChI=1S/C19H19N3O5/c23-18(13-27-17-5-2-1-4-16(17)22(25)26)20-12-14-7-9-15(10-8-14)21-11-3-6-19(21)24/h1-2,4-5,7-10H,3,6,11-13H2,(H,20,23). The molecule has 0 aromatic heterocycles. The number of ether oxygens (including phenoxy) is 1. The summed E-state index contributed by atoms with van der Waals surface area (Å²) in [6.07, 6.45) is 1.45. The minimum absolute atomic E-state index is 0.0530. The highest BCUT2D eigenvalue weighted by molar-refractivity contribution is 5.95. The molecule has 0 unspecified atom stereocenters. The molecule has 1 heterocycles. The molecule has 2 aromatic rings. The molecule has 2 aromatic carbocycles. The second-order valence-electron chi connectivity index (χ2n) is 6.11. The number of benzene rings is 2. The molecule has 1 aliphatic rings. The van der Waals surface area contributed by atoms with Gasteiger partial charge in [0.15, 0.2) is 12.4 Å². The van der Waals surface area contributed by atoms with Crippen molar-refractivity contribution in [3.8, 4) is 5.75 Å². The fourth-order valence-electron chi connectivity index (χ4n) is 2.84. The summed E-state index contributed by atoms with van der Waals surface area (Å²) in [5.74, 6) is -0.201. The highest BCUT2D eigenvalue weighted by atomic mass is 16.6. The van der Waals surface area contributed by atoms with Gasteiger partial charge in [0, 0.05) is 31.3 Å². The monoisotopic (exact) mass is 369 g/mol. The molecular formula is C19H19N3O5. The second kappa shape index (κ2) is 8.31. The van der Waals surface area contributed by atoms with Gasteiger partial charge in [-0.25, -0.2) is 0 Å². The molecule has 1 N–H and O–H groups in total. The van der Waals surface area contributed by atoms with Crippen molar-refractivity contribution in [3.05, 3.63) is 64.2 Å². The zero-order chi connectivity index (χ0) is 19.2. The molecule has 0 bridgehead atoms. The predicted molar refractivity (Wildman–Crippen MR) is 98.5 cm³/mol. The number of amides is 2. The molecule has 1 saturated heterocycles. The van der Waals surface area contributed by atoms with E-state index in [1.54, 1.807) is 11.0 Å². The minimum atomic E-state index is -0.556. The van der Waals surface area contributed by atoms with Crippen LogP contribution in [0.5, 0.6) is 5.75 Å². The Labute approximate surface area is 155 Å². The third kappa shape index (κ3) is 4.60. The van der Waals surface area contributed by atoms with E-state index in [4.69, 9.17) is 4.74 Å². The van der Waals surface area contributed by atoms with Crippen LogP contribution in [0.3, 0.4) is 0 Å². The van der Waals surface area contributed by atoms with Gasteiger partial charge in [0.05, 0.1) is 4.92 Å². The number of nitro groups is 1. The smallest absolute Gasteiger partial charge is 0.310 e. The van der Waals surface area contributed by atoms with Gasteiger partial charge in [-0.15, -0.1) is 0 Å². The van der Waals surface area contributed by atoms with Gasteiger partial charge in [0.1, 0.15) is 0 Å². The summed E-state index contributed by atoms with van der Waals surface area (Å²) < 4.78 is 5.25. The van der Waals surface area contributed by atoms with Crippen molar-refractivity contribution < 1.29 is 19.2 Å². The summed E-state index contributed by atoms with van der Waals surface area (Å²) in [5, 5.41) is 13.6. The molecule has 0 radical (unpaired) electrons. The zero-order valence-corrected chi connectivity index (χ0v) is 14.6. The first kappa shape index (κ1) is 18.4. The maximum atomic E-state index is 11.9. The van der Waals surface area contributed by atoms with E-state index in [1.807, 2.05) is 24.3 Å². The summed E-state index contributed by atoms with van der Waals surface area (Å²) in [6, 6.07) is 13.3. The van der Waals surface area contributed by atoms with Crippen molar-refractivity contribution in [1.29, 1.82) is 0 Å².